The van der Waals surface area contributed by atoms with Crippen LogP contribution in [0.5, 0.6) is 5.75 Å². The predicted molar refractivity (Wildman–Crippen MR) is 76.9 cm³/mol. The summed E-state index contributed by atoms with van der Waals surface area (Å²) in [7, 11) is 4.06. The molecule has 0 aliphatic heterocycles. The molecule has 0 aromatic heterocycles. The van der Waals surface area contributed by atoms with Crippen molar-refractivity contribution in [1.82, 2.24) is 0 Å². The van der Waals surface area contributed by atoms with Crippen LogP contribution in [0.2, 0.25) is 0 Å². The molecule has 18 heavy (non-hydrogen) atoms. The number of hydrogen-bond donors (Lipinski definition) is 0. The van der Waals surface area contributed by atoms with Crippen LogP contribution >= 0.6 is 0 Å². The first-order chi connectivity index (χ1) is 8.75. The second-order valence-electron chi connectivity index (χ2n) is 4.22. The predicted octanol–water partition coefficient (Wildman–Crippen LogP) is 3.80. The molecule has 0 heterocycles. The van der Waals surface area contributed by atoms with Gasteiger partial charge in [-0.25, -0.2) is 0 Å². The fourth-order valence-electron chi connectivity index (χ4n) is 1.57. The monoisotopic (exact) mass is 239 g/mol. The third-order valence-corrected chi connectivity index (χ3v) is 2.62. The third kappa shape index (κ3) is 3.39. The van der Waals surface area contributed by atoms with E-state index in [1.54, 1.807) is 6.26 Å². The molecule has 2 rings (SSSR count). The molecule has 0 radical (unpaired) electrons. The molecular formula is C16H17NO. The number of ether oxygens (including phenoxy) is 1. The van der Waals surface area contributed by atoms with Gasteiger partial charge in [-0.05, 0) is 35.9 Å². The van der Waals surface area contributed by atoms with Crippen molar-refractivity contribution in [3.8, 4) is 5.75 Å². The lowest BCUT2D eigenvalue weighted by atomic mass is 10.2. The molecule has 0 spiro atoms. The summed E-state index contributed by atoms with van der Waals surface area (Å²) < 4.78 is 5.50. The summed E-state index contributed by atoms with van der Waals surface area (Å²) in [6.45, 7) is 0. The lowest BCUT2D eigenvalue weighted by Gasteiger charge is -2.11. The quantitative estimate of drug-likeness (QED) is 0.752. The average molecular weight is 239 g/mol. The van der Waals surface area contributed by atoms with E-state index in [-0.39, 0.29) is 0 Å². The van der Waals surface area contributed by atoms with E-state index in [0.29, 0.717) is 0 Å². The Balaban J connectivity index is 1.97. The Labute approximate surface area is 108 Å². The SMILES string of the molecule is CN(C)c1ccc(/C=C/Oc2ccccc2)cc1. The van der Waals surface area contributed by atoms with Crippen molar-refractivity contribution in [3.05, 3.63) is 66.4 Å². The standard InChI is InChI=1S/C16H17NO/c1-17(2)15-10-8-14(9-11-15)12-13-18-16-6-4-3-5-7-16/h3-13H,1-2H3/b13-12+. The van der Waals surface area contributed by atoms with Crippen LogP contribution in [0.25, 0.3) is 6.08 Å². The van der Waals surface area contributed by atoms with Gasteiger partial charge in [0.15, 0.2) is 0 Å². The minimum absolute atomic E-state index is 0.846. The number of para-hydroxylation sites is 1. The highest BCUT2D eigenvalue weighted by Crippen LogP contribution is 2.14. The van der Waals surface area contributed by atoms with Crippen LogP contribution < -0.4 is 9.64 Å². The number of nitrogens with zero attached hydrogens (tertiary/aromatic N) is 1. The van der Waals surface area contributed by atoms with Crippen LogP contribution in [0.3, 0.4) is 0 Å². The zero-order valence-electron chi connectivity index (χ0n) is 10.7. The first-order valence-electron chi connectivity index (χ1n) is 5.91. The Bertz CT molecular complexity index is 500. The Hall–Kier alpha value is -2.22. The Morgan fingerprint density at radius 2 is 1.56 bits per heavy atom. The minimum atomic E-state index is 0.846. The van der Waals surface area contributed by atoms with Gasteiger partial charge in [-0.1, -0.05) is 30.3 Å². The van der Waals surface area contributed by atoms with Crippen molar-refractivity contribution < 1.29 is 4.74 Å². The van der Waals surface area contributed by atoms with Crippen LogP contribution in [0, 0.1) is 0 Å². The zero-order valence-corrected chi connectivity index (χ0v) is 10.7. The number of rotatable bonds is 4. The first kappa shape index (κ1) is 12.2. The van der Waals surface area contributed by atoms with Crippen molar-refractivity contribution >= 4 is 11.8 Å². The van der Waals surface area contributed by atoms with Gasteiger partial charge in [0.2, 0.25) is 0 Å². The van der Waals surface area contributed by atoms with E-state index in [9.17, 15) is 0 Å². The molecule has 2 aromatic carbocycles. The Morgan fingerprint density at radius 1 is 0.889 bits per heavy atom. The van der Waals surface area contributed by atoms with Gasteiger partial charge in [0.1, 0.15) is 5.75 Å². The Kier molecular flexibility index (Phi) is 4.02. The van der Waals surface area contributed by atoms with E-state index in [1.807, 2.05) is 50.5 Å². The van der Waals surface area contributed by atoms with Crippen molar-refractivity contribution in [2.75, 3.05) is 19.0 Å². The molecule has 0 N–H and O–H groups in total. The molecule has 0 amide bonds. The molecule has 0 atom stereocenters. The van der Waals surface area contributed by atoms with Crippen molar-refractivity contribution in [3.63, 3.8) is 0 Å². The van der Waals surface area contributed by atoms with Gasteiger partial charge in [-0.15, -0.1) is 0 Å². The normalized spacial score (nSPS) is 10.6. The summed E-state index contributed by atoms with van der Waals surface area (Å²) in [5, 5.41) is 0. The summed E-state index contributed by atoms with van der Waals surface area (Å²) in [6, 6.07) is 18.0. The van der Waals surface area contributed by atoms with Crippen molar-refractivity contribution in [2.45, 2.75) is 0 Å². The molecule has 0 aliphatic carbocycles. The molecule has 0 fully saturated rings. The molecule has 2 aromatic rings. The molecule has 0 unspecified atom stereocenters. The van der Waals surface area contributed by atoms with Crippen LogP contribution in [0.4, 0.5) is 5.69 Å². The molecule has 2 heteroatoms. The third-order valence-electron chi connectivity index (χ3n) is 2.62. The molecule has 0 saturated heterocycles. The molecule has 0 saturated carbocycles. The smallest absolute Gasteiger partial charge is 0.126 e. The van der Waals surface area contributed by atoms with E-state index >= 15 is 0 Å². The highest BCUT2D eigenvalue weighted by Gasteiger charge is 1.93. The summed E-state index contributed by atoms with van der Waals surface area (Å²) >= 11 is 0. The zero-order chi connectivity index (χ0) is 12.8. The first-order valence-corrected chi connectivity index (χ1v) is 5.91. The van der Waals surface area contributed by atoms with E-state index in [0.717, 1.165) is 11.3 Å². The number of benzene rings is 2. The van der Waals surface area contributed by atoms with Crippen molar-refractivity contribution in [2.24, 2.45) is 0 Å². The largest absolute Gasteiger partial charge is 0.465 e. The van der Waals surface area contributed by atoms with Gasteiger partial charge in [0.05, 0.1) is 6.26 Å². The molecule has 0 bridgehead atoms. The maximum Gasteiger partial charge on any atom is 0.126 e. The number of anilines is 1. The van der Waals surface area contributed by atoms with Gasteiger partial charge >= 0.3 is 0 Å². The average Bonchev–Trinajstić information content (AvgIpc) is 2.40. The maximum atomic E-state index is 5.50. The van der Waals surface area contributed by atoms with Crippen LogP contribution in [-0.2, 0) is 0 Å². The van der Waals surface area contributed by atoms with Gasteiger partial charge in [0.25, 0.3) is 0 Å². The maximum absolute atomic E-state index is 5.50. The van der Waals surface area contributed by atoms with Crippen molar-refractivity contribution in [1.29, 1.82) is 0 Å². The number of hydrogen-bond acceptors (Lipinski definition) is 2. The van der Waals surface area contributed by atoms with Crippen LogP contribution in [0.15, 0.2) is 60.9 Å². The highest BCUT2D eigenvalue weighted by molar-refractivity contribution is 5.55. The second kappa shape index (κ2) is 5.92. The summed E-state index contributed by atoms with van der Waals surface area (Å²) in [6.07, 6.45) is 3.66. The van der Waals surface area contributed by atoms with Gasteiger partial charge < -0.3 is 9.64 Å². The fourth-order valence-corrected chi connectivity index (χ4v) is 1.57. The highest BCUT2D eigenvalue weighted by atomic mass is 16.5. The van der Waals surface area contributed by atoms with E-state index in [4.69, 9.17) is 4.74 Å². The van der Waals surface area contributed by atoms with E-state index in [2.05, 4.69) is 29.2 Å². The minimum Gasteiger partial charge on any atom is -0.465 e. The van der Waals surface area contributed by atoms with Gasteiger partial charge in [-0.3, -0.25) is 0 Å². The lowest BCUT2D eigenvalue weighted by Crippen LogP contribution is -2.07. The molecule has 2 nitrogen and oxygen atoms in total. The fraction of sp³-hybridized carbons (Fsp3) is 0.125. The van der Waals surface area contributed by atoms with Gasteiger partial charge in [0, 0.05) is 19.8 Å². The van der Waals surface area contributed by atoms with Crippen LogP contribution in [0.1, 0.15) is 5.56 Å². The van der Waals surface area contributed by atoms with E-state index < -0.39 is 0 Å². The summed E-state index contributed by atoms with van der Waals surface area (Å²) in [5.41, 5.74) is 2.31. The molecule has 0 aliphatic rings. The van der Waals surface area contributed by atoms with Crippen LogP contribution in [-0.4, -0.2) is 14.1 Å². The molecular weight excluding hydrogens is 222 g/mol. The second-order valence-corrected chi connectivity index (χ2v) is 4.22. The molecule has 92 valence electrons. The summed E-state index contributed by atoms with van der Waals surface area (Å²) in [4.78, 5) is 2.08. The Morgan fingerprint density at radius 3 is 2.17 bits per heavy atom. The lowest BCUT2D eigenvalue weighted by molar-refractivity contribution is 0.485. The van der Waals surface area contributed by atoms with Gasteiger partial charge in [-0.2, -0.15) is 0 Å². The summed E-state index contributed by atoms with van der Waals surface area (Å²) in [5.74, 6) is 0.846. The topological polar surface area (TPSA) is 12.5 Å². The van der Waals surface area contributed by atoms with E-state index in [1.165, 1.54) is 5.69 Å².